The molecular formula is C13H21NO4. The lowest BCUT2D eigenvalue weighted by Gasteiger charge is -2.33. The molecule has 1 saturated carbocycles. The molecule has 3 N–H and O–H groups in total. The van der Waals surface area contributed by atoms with Crippen LogP contribution in [0.2, 0.25) is 0 Å². The monoisotopic (exact) mass is 255 g/mol. The second-order valence-electron chi connectivity index (χ2n) is 5.56. The molecule has 0 unspecified atom stereocenters. The number of nitrogens with one attached hydrogen (secondary N) is 1. The third-order valence-electron chi connectivity index (χ3n) is 4.08. The van der Waals surface area contributed by atoms with Crippen LogP contribution in [0, 0.1) is 11.8 Å². The zero-order chi connectivity index (χ0) is 13.1. The lowest BCUT2D eigenvalue weighted by Crippen LogP contribution is -2.41. The second kappa shape index (κ2) is 5.80. The van der Waals surface area contributed by atoms with Gasteiger partial charge in [-0.25, -0.2) is 0 Å². The number of piperidine rings is 1. The smallest absolute Gasteiger partial charge is 0.226 e. The van der Waals surface area contributed by atoms with Crippen molar-refractivity contribution in [3.63, 3.8) is 0 Å². The van der Waals surface area contributed by atoms with Crippen molar-refractivity contribution in [2.45, 2.75) is 57.2 Å². The van der Waals surface area contributed by atoms with E-state index in [0.29, 0.717) is 19.3 Å². The number of aliphatic hydroxyl groups excluding tert-OH is 2. The largest absolute Gasteiger partial charge is 0.393 e. The number of aliphatic hydroxyl groups is 2. The summed E-state index contributed by atoms with van der Waals surface area (Å²) in [5, 5.41) is 22.3. The Bertz CT molecular complexity index is 315. The van der Waals surface area contributed by atoms with Gasteiger partial charge in [-0.15, -0.1) is 0 Å². The van der Waals surface area contributed by atoms with Crippen molar-refractivity contribution in [2.75, 3.05) is 0 Å². The minimum absolute atomic E-state index is 0.0876. The molecule has 0 bridgehead atoms. The lowest BCUT2D eigenvalue weighted by atomic mass is 9.78. The molecule has 0 aromatic carbocycles. The van der Waals surface area contributed by atoms with Crippen molar-refractivity contribution in [1.82, 2.24) is 5.32 Å². The molecule has 0 radical (unpaired) electrons. The number of carbonyl (C=O) groups is 2. The highest BCUT2D eigenvalue weighted by molar-refractivity contribution is 5.97. The highest BCUT2D eigenvalue weighted by Gasteiger charge is 2.33. The van der Waals surface area contributed by atoms with E-state index in [2.05, 4.69) is 5.32 Å². The topological polar surface area (TPSA) is 86.6 Å². The summed E-state index contributed by atoms with van der Waals surface area (Å²) in [6.07, 6.45) is 3.59. The van der Waals surface area contributed by atoms with Crippen LogP contribution in [0.4, 0.5) is 0 Å². The van der Waals surface area contributed by atoms with E-state index in [-0.39, 0.29) is 23.7 Å². The number of hydrogen-bond acceptors (Lipinski definition) is 4. The van der Waals surface area contributed by atoms with Crippen LogP contribution in [0.25, 0.3) is 0 Å². The normalized spacial score (nSPS) is 32.1. The van der Waals surface area contributed by atoms with Crippen LogP contribution in [0.1, 0.15) is 44.9 Å². The Morgan fingerprint density at radius 1 is 1.17 bits per heavy atom. The predicted octanol–water partition coefficient (Wildman–Crippen LogP) is 0.341. The Kier molecular flexibility index (Phi) is 4.35. The fourth-order valence-corrected chi connectivity index (χ4v) is 3.13. The van der Waals surface area contributed by atoms with Crippen LogP contribution in [-0.4, -0.2) is 34.2 Å². The van der Waals surface area contributed by atoms with E-state index in [0.717, 1.165) is 25.7 Å². The third-order valence-corrected chi connectivity index (χ3v) is 4.08. The van der Waals surface area contributed by atoms with Crippen LogP contribution in [-0.2, 0) is 9.59 Å². The summed E-state index contributed by atoms with van der Waals surface area (Å²) in [5.74, 6) is -0.700. The van der Waals surface area contributed by atoms with E-state index in [1.165, 1.54) is 0 Å². The number of amides is 2. The maximum Gasteiger partial charge on any atom is 0.226 e. The van der Waals surface area contributed by atoms with Crippen molar-refractivity contribution >= 4 is 11.8 Å². The van der Waals surface area contributed by atoms with Gasteiger partial charge in [-0.1, -0.05) is 12.8 Å². The maximum atomic E-state index is 11.2. The Hall–Kier alpha value is -0.940. The minimum atomic E-state index is -0.607. The van der Waals surface area contributed by atoms with Gasteiger partial charge < -0.3 is 10.2 Å². The summed E-state index contributed by atoms with van der Waals surface area (Å²) in [6.45, 7) is 0. The molecule has 0 aromatic heterocycles. The Balaban J connectivity index is 1.87. The zero-order valence-corrected chi connectivity index (χ0v) is 10.5. The van der Waals surface area contributed by atoms with E-state index in [1.807, 2.05) is 0 Å². The highest BCUT2D eigenvalue weighted by atomic mass is 16.3. The molecule has 1 aliphatic heterocycles. The number of hydrogen-bond donors (Lipinski definition) is 3. The van der Waals surface area contributed by atoms with Gasteiger partial charge in [0.05, 0.1) is 12.2 Å². The van der Waals surface area contributed by atoms with Crippen molar-refractivity contribution in [1.29, 1.82) is 0 Å². The van der Waals surface area contributed by atoms with Crippen LogP contribution in [0.5, 0.6) is 0 Å². The molecule has 2 rings (SSSR count). The second-order valence-corrected chi connectivity index (χ2v) is 5.56. The van der Waals surface area contributed by atoms with Gasteiger partial charge in [-0.3, -0.25) is 14.9 Å². The Morgan fingerprint density at radius 2 is 1.78 bits per heavy atom. The lowest BCUT2D eigenvalue weighted by molar-refractivity contribution is -0.135. The van der Waals surface area contributed by atoms with Crippen molar-refractivity contribution in [2.24, 2.45) is 11.8 Å². The van der Waals surface area contributed by atoms with Crippen LogP contribution in [0.15, 0.2) is 0 Å². The predicted molar refractivity (Wildman–Crippen MR) is 64.5 cm³/mol. The standard InChI is InChI=1S/C13H21NO4/c15-10-4-2-1-3-9(10)11(16)5-8-6-12(17)14-13(18)7-8/h8-11,15-16H,1-7H2,(H,14,17,18)/t9-,10+,11-/m1/s1. The summed E-state index contributed by atoms with van der Waals surface area (Å²) in [5.41, 5.74) is 0. The summed E-state index contributed by atoms with van der Waals surface area (Å²) in [6, 6.07) is 0. The van der Waals surface area contributed by atoms with Crippen molar-refractivity contribution in [3.05, 3.63) is 0 Å². The molecule has 5 nitrogen and oxygen atoms in total. The zero-order valence-electron chi connectivity index (χ0n) is 10.5. The molecule has 0 spiro atoms. The van der Waals surface area contributed by atoms with Crippen molar-refractivity contribution < 1.29 is 19.8 Å². The SMILES string of the molecule is O=C1CC(C[C@@H](O)[C@@H]2CCCC[C@@H]2O)CC(=O)N1. The van der Waals surface area contributed by atoms with Gasteiger partial charge in [0.1, 0.15) is 0 Å². The van der Waals surface area contributed by atoms with Gasteiger partial charge in [0.15, 0.2) is 0 Å². The molecule has 2 fully saturated rings. The van der Waals surface area contributed by atoms with Gasteiger partial charge in [0.25, 0.3) is 0 Å². The van der Waals surface area contributed by atoms with E-state index in [4.69, 9.17) is 0 Å². The fourth-order valence-electron chi connectivity index (χ4n) is 3.13. The number of carbonyl (C=O) groups excluding carboxylic acids is 2. The Morgan fingerprint density at radius 3 is 2.39 bits per heavy atom. The first-order chi connectivity index (χ1) is 8.56. The van der Waals surface area contributed by atoms with Gasteiger partial charge in [-0.05, 0) is 25.2 Å². The van der Waals surface area contributed by atoms with E-state index >= 15 is 0 Å². The fraction of sp³-hybridized carbons (Fsp3) is 0.846. The molecule has 5 heteroatoms. The minimum Gasteiger partial charge on any atom is -0.393 e. The van der Waals surface area contributed by atoms with Gasteiger partial charge in [0, 0.05) is 18.8 Å². The first-order valence-electron chi connectivity index (χ1n) is 6.75. The van der Waals surface area contributed by atoms with Gasteiger partial charge in [0.2, 0.25) is 11.8 Å². The molecule has 1 aliphatic carbocycles. The van der Waals surface area contributed by atoms with Crippen molar-refractivity contribution in [3.8, 4) is 0 Å². The maximum absolute atomic E-state index is 11.2. The van der Waals surface area contributed by atoms with Crippen LogP contribution < -0.4 is 5.32 Å². The molecule has 1 saturated heterocycles. The van der Waals surface area contributed by atoms with Gasteiger partial charge in [-0.2, -0.15) is 0 Å². The average Bonchev–Trinajstić information content (AvgIpc) is 2.27. The van der Waals surface area contributed by atoms with Crippen LogP contribution in [0.3, 0.4) is 0 Å². The van der Waals surface area contributed by atoms with E-state index in [1.54, 1.807) is 0 Å². The first kappa shape index (κ1) is 13.5. The number of rotatable bonds is 3. The molecule has 1 heterocycles. The molecule has 2 aliphatic rings. The number of imide groups is 1. The summed E-state index contributed by atoms with van der Waals surface area (Å²) >= 11 is 0. The Labute approximate surface area is 107 Å². The van der Waals surface area contributed by atoms with Gasteiger partial charge >= 0.3 is 0 Å². The first-order valence-corrected chi connectivity index (χ1v) is 6.75. The molecule has 18 heavy (non-hydrogen) atoms. The highest BCUT2D eigenvalue weighted by Crippen LogP contribution is 2.31. The summed E-state index contributed by atoms with van der Waals surface area (Å²) in [4.78, 5) is 22.5. The molecule has 102 valence electrons. The molecular weight excluding hydrogens is 234 g/mol. The average molecular weight is 255 g/mol. The summed E-state index contributed by atoms with van der Waals surface area (Å²) in [7, 11) is 0. The molecule has 0 aromatic rings. The van der Waals surface area contributed by atoms with E-state index in [9.17, 15) is 19.8 Å². The third kappa shape index (κ3) is 3.29. The molecule has 3 atom stereocenters. The van der Waals surface area contributed by atoms with E-state index < -0.39 is 12.2 Å². The van der Waals surface area contributed by atoms with Crippen LogP contribution >= 0.6 is 0 Å². The quantitative estimate of drug-likeness (QED) is 0.635. The summed E-state index contributed by atoms with van der Waals surface area (Å²) < 4.78 is 0. The molecule has 2 amide bonds.